The molecule has 0 radical (unpaired) electrons. The zero-order valence-electron chi connectivity index (χ0n) is 8.51. The molecule has 3 N–H and O–H groups in total. The molecule has 16 heavy (non-hydrogen) atoms. The van der Waals surface area contributed by atoms with Crippen molar-refractivity contribution >= 4 is 11.9 Å². The number of nitrogens with one attached hydrogen (secondary N) is 1. The van der Waals surface area contributed by atoms with Crippen LogP contribution in [0.25, 0.3) is 0 Å². The summed E-state index contributed by atoms with van der Waals surface area (Å²) in [5.74, 6) is -1.93. The van der Waals surface area contributed by atoms with Crippen molar-refractivity contribution in [2.45, 2.75) is 12.5 Å². The molecule has 7 heteroatoms. The van der Waals surface area contributed by atoms with Crippen molar-refractivity contribution in [3.05, 3.63) is 12.0 Å². The van der Waals surface area contributed by atoms with E-state index in [0.29, 0.717) is 6.61 Å². The van der Waals surface area contributed by atoms with Gasteiger partial charge in [-0.1, -0.05) is 0 Å². The molecule has 7 nitrogen and oxygen atoms in total. The Morgan fingerprint density at radius 3 is 2.75 bits per heavy atom. The normalized spacial score (nSPS) is 16.4. The first-order valence-corrected chi connectivity index (χ1v) is 4.74. The number of aliphatic hydroxyl groups is 1. The van der Waals surface area contributed by atoms with Crippen molar-refractivity contribution in [1.82, 2.24) is 5.32 Å². The van der Waals surface area contributed by atoms with Crippen molar-refractivity contribution in [1.29, 1.82) is 0 Å². The summed E-state index contributed by atoms with van der Waals surface area (Å²) in [5.41, 5.74) is 0. The van der Waals surface area contributed by atoms with E-state index >= 15 is 0 Å². The molecule has 1 aliphatic rings. The number of ether oxygens (including phenoxy) is 2. The lowest BCUT2D eigenvalue weighted by Gasteiger charge is -2.17. The fourth-order valence-corrected chi connectivity index (χ4v) is 1.10. The van der Waals surface area contributed by atoms with Crippen LogP contribution in [0.15, 0.2) is 12.0 Å². The van der Waals surface area contributed by atoms with E-state index in [1.807, 2.05) is 0 Å². The summed E-state index contributed by atoms with van der Waals surface area (Å²) in [5, 5.41) is 19.6. The van der Waals surface area contributed by atoms with Crippen LogP contribution in [0.1, 0.15) is 6.42 Å². The Balaban J connectivity index is 2.53. The quantitative estimate of drug-likeness (QED) is 0.550. The molecule has 0 spiro atoms. The number of carbonyl (C=O) groups is 2. The predicted molar refractivity (Wildman–Crippen MR) is 51.3 cm³/mol. The van der Waals surface area contributed by atoms with Gasteiger partial charge in [0.2, 0.25) is 5.76 Å². The van der Waals surface area contributed by atoms with Crippen molar-refractivity contribution in [3.8, 4) is 0 Å². The van der Waals surface area contributed by atoms with E-state index in [2.05, 4.69) is 5.32 Å². The van der Waals surface area contributed by atoms with Crippen molar-refractivity contribution in [3.63, 3.8) is 0 Å². The maximum atomic E-state index is 11.5. The van der Waals surface area contributed by atoms with Crippen LogP contribution >= 0.6 is 0 Å². The van der Waals surface area contributed by atoms with Crippen LogP contribution < -0.4 is 5.32 Å². The van der Waals surface area contributed by atoms with Gasteiger partial charge in [0.15, 0.2) is 0 Å². The molecule has 1 aliphatic heterocycles. The van der Waals surface area contributed by atoms with Crippen molar-refractivity contribution in [2.24, 2.45) is 0 Å². The number of amides is 1. The number of aliphatic hydroxyl groups excluding tert-OH is 1. The van der Waals surface area contributed by atoms with Crippen LogP contribution in [0.3, 0.4) is 0 Å². The van der Waals surface area contributed by atoms with Gasteiger partial charge in [0.05, 0.1) is 0 Å². The molecule has 0 aromatic carbocycles. The first kappa shape index (κ1) is 12.3. The largest absolute Gasteiger partial charge is 0.494 e. The third kappa shape index (κ3) is 3.43. The predicted octanol–water partition coefficient (Wildman–Crippen LogP) is -1.17. The molecule has 0 unspecified atom stereocenters. The lowest BCUT2D eigenvalue weighted by Crippen LogP contribution is -2.42. The molecular weight excluding hydrogens is 218 g/mol. The maximum absolute atomic E-state index is 11.5. The highest BCUT2D eigenvalue weighted by molar-refractivity contribution is 5.94. The monoisotopic (exact) mass is 231 g/mol. The van der Waals surface area contributed by atoms with Crippen LogP contribution in [0.4, 0.5) is 0 Å². The number of hydrogen-bond donors (Lipinski definition) is 3. The Morgan fingerprint density at radius 2 is 2.25 bits per heavy atom. The molecule has 0 saturated carbocycles. The fourth-order valence-electron chi connectivity index (χ4n) is 1.10. The molecule has 90 valence electrons. The SMILES string of the molecule is O=C(N[C@H](CCO)C(=O)O)C1=COCCO1. The second-order valence-corrected chi connectivity index (χ2v) is 3.08. The molecule has 1 rings (SSSR count). The van der Waals surface area contributed by atoms with E-state index in [1.165, 1.54) is 0 Å². The second kappa shape index (κ2) is 5.96. The number of rotatable bonds is 5. The highest BCUT2D eigenvalue weighted by Crippen LogP contribution is 2.05. The summed E-state index contributed by atoms with van der Waals surface area (Å²) in [6.07, 6.45) is 1.08. The van der Waals surface area contributed by atoms with Crippen LogP contribution in [0, 0.1) is 0 Å². The first-order chi connectivity index (χ1) is 7.65. The molecule has 0 aliphatic carbocycles. The van der Waals surface area contributed by atoms with Crippen molar-refractivity contribution < 1.29 is 29.3 Å². The zero-order valence-corrected chi connectivity index (χ0v) is 8.51. The van der Waals surface area contributed by atoms with Crippen molar-refractivity contribution in [2.75, 3.05) is 19.8 Å². The average Bonchev–Trinajstić information content (AvgIpc) is 2.29. The van der Waals surface area contributed by atoms with Gasteiger partial charge in [0.25, 0.3) is 5.91 Å². The molecule has 0 bridgehead atoms. The van der Waals surface area contributed by atoms with E-state index in [0.717, 1.165) is 6.26 Å². The second-order valence-electron chi connectivity index (χ2n) is 3.08. The fraction of sp³-hybridized carbons (Fsp3) is 0.556. The number of carboxylic acid groups (broad SMARTS) is 1. The minimum absolute atomic E-state index is 0.0598. The average molecular weight is 231 g/mol. The Hall–Kier alpha value is -1.76. The minimum Gasteiger partial charge on any atom is -0.494 e. The van der Waals surface area contributed by atoms with Gasteiger partial charge in [-0.05, 0) is 0 Å². The standard InChI is InChI=1S/C9H13NO6/c11-2-1-6(9(13)14)10-8(12)7-5-15-3-4-16-7/h5-6,11H,1-4H2,(H,10,12)(H,13,14)/t6-/m1/s1. The Kier molecular flexibility index (Phi) is 4.59. The summed E-state index contributed by atoms with van der Waals surface area (Å²) in [6, 6.07) is -1.14. The van der Waals surface area contributed by atoms with Gasteiger partial charge in [-0.25, -0.2) is 4.79 Å². The molecule has 1 atom stereocenters. The summed E-state index contributed by atoms with van der Waals surface area (Å²) < 4.78 is 9.83. The van der Waals surface area contributed by atoms with Crippen LogP contribution in [0.2, 0.25) is 0 Å². The molecule has 0 fully saturated rings. The van der Waals surface area contributed by atoms with Crippen LogP contribution in [0.5, 0.6) is 0 Å². The van der Waals surface area contributed by atoms with Gasteiger partial charge >= 0.3 is 5.97 Å². The number of carboxylic acids is 1. The van der Waals surface area contributed by atoms with E-state index < -0.39 is 17.9 Å². The number of carbonyl (C=O) groups excluding carboxylic acids is 1. The van der Waals surface area contributed by atoms with Crippen LogP contribution in [-0.2, 0) is 19.1 Å². The summed E-state index contributed by atoms with van der Waals surface area (Å²) >= 11 is 0. The molecule has 1 heterocycles. The minimum atomic E-state index is -1.21. The highest BCUT2D eigenvalue weighted by Gasteiger charge is 2.23. The Labute approximate surface area is 91.7 Å². The topological polar surface area (TPSA) is 105 Å². The molecule has 0 aromatic heterocycles. The van der Waals surface area contributed by atoms with Gasteiger partial charge in [-0.2, -0.15) is 0 Å². The molecule has 1 amide bonds. The summed E-state index contributed by atoms with van der Waals surface area (Å²) in [6.45, 7) is 0.278. The van der Waals surface area contributed by atoms with E-state index in [4.69, 9.17) is 19.7 Å². The Bertz CT molecular complexity index is 300. The lowest BCUT2D eigenvalue weighted by atomic mass is 10.2. The van der Waals surface area contributed by atoms with E-state index in [9.17, 15) is 9.59 Å². The van der Waals surface area contributed by atoms with E-state index in [-0.39, 0.29) is 25.4 Å². The summed E-state index contributed by atoms with van der Waals surface area (Å²) in [7, 11) is 0. The van der Waals surface area contributed by atoms with Gasteiger partial charge in [-0.15, -0.1) is 0 Å². The summed E-state index contributed by atoms with van der Waals surface area (Å²) in [4.78, 5) is 22.1. The third-order valence-electron chi connectivity index (χ3n) is 1.89. The maximum Gasteiger partial charge on any atom is 0.326 e. The lowest BCUT2D eigenvalue weighted by molar-refractivity contribution is -0.142. The van der Waals surface area contributed by atoms with Gasteiger partial charge in [0.1, 0.15) is 25.5 Å². The van der Waals surface area contributed by atoms with Crippen LogP contribution in [-0.4, -0.2) is 48.0 Å². The third-order valence-corrected chi connectivity index (χ3v) is 1.89. The molecular formula is C9H13NO6. The van der Waals surface area contributed by atoms with Gasteiger partial charge in [0, 0.05) is 13.0 Å². The molecule has 0 saturated heterocycles. The highest BCUT2D eigenvalue weighted by atomic mass is 16.6. The zero-order chi connectivity index (χ0) is 12.0. The van der Waals surface area contributed by atoms with Gasteiger partial charge < -0.3 is 25.0 Å². The number of aliphatic carboxylic acids is 1. The smallest absolute Gasteiger partial charge is 0.326 e. The van der Waals surface area contributed by atoms with Gasteiger partial charge in [-0.3, -0.25) is 4.79 Å². The Morgan fingerprint density at radius 1 is 1.50 bits per heavy atom. The number of hydrogen-bond acceptors (Lipinski definition) is 5. The molecule has 0 aromatic rings. The first-order valence-electron chi connectivity index (χ1n) is 4.74. The van der Waals surface area contributed by atoms with E-state index in [1.54, 1.807) is 0 Å².